The zero-order valence-electron chi connectivity index (χ0n) is 12.4. The van der Waals surface area contributed by atoms with E-state index in [9.17, 15) is 4.79 Å². The van der Waals surface area contributed by atoms with Crippen LogP contribution < -0.4 is 10.6 Å². The van der Waals surface area contributed by atoms with Gasteiger partial charge in [0.25, 0.3) is 0 Å². The van der Waals surface area contributed by atoms with Crippen molar-refractivity contribution in [1.82, 2.24) is 20.2 Å². The summed E-state index contributed by atoms with van der Waals surface area (Å²) in [4.78, 5) is 16.1. The zero-order chi connectivity index (χ0) is 14.3. The number of nitrogens with zero attached hydrogens (tertiary/aromatic N) is 2. The summed E-state index contributed by atoms with van der Waals surface area (Å²) >= 11 is 0. The van der Waals surface area contributed by atoms with Gasteiger partial charge in [0, 0.05) is 25.0 Å². The van der Waals surface area contributed by atoms with Gasteiger partial charge in [0.05, 0.1) is 6.54 Å². The first kappa shape index (κ1) is 15.7. The Bertz CT molecular complexity index is 385. The molecule has 108 valence electrons. The van der Waals surface area contributed by atoms with E-state index >= 15 is 0 Å². The summed E-state index contributed by atoms with van der Waals surface area (Å²) in [5.74, 6) is 1.55. The van der Waals surface area contributed by atoms with E-state index in [1.165, 1.54) is 0 Å². The number of rotatable bonds is 8. The van der Waals surface area contributed by atoms with Crippen LogP contribution in [0.2, 0.25) is 0 Å². The largest absolute Gasteiger partial charge is 0.355 e. The van der Waals surface area contributed by atoms with E-state index in [-0.39, 0.29) is 5.91 Å². The average Bonchev–Trinajstić information content (AvgIpc) is 2.73. The number of nitrogens with one attached hydrogen (secondary N) is 2. The van der Waals surface area contributed by atoms with Gasteiger partial charge < -0.3 is 15.2 Å². The number of aromatic nitrogens is 2. The molecule has 0 saturated heterocycles. The summed E-state index contributed by atoms with van der Waals surface area (Å²) in [5, 5.41) is 6.24. The molecule has 0 radical (unpaired) electrons. The van der Waals surface area contributed by atoms with Gasteiger partial charge in [0.15, 0.2) is 0 Å². The van der Waals surface area contributed by atoms with Crippen LogP contribution in [0.15, 0.2) is 12.4 Å². The monoisotopic (exact) mass is 266 g/mol. The van der Waals surface area contributed by atoms with E-state index in [4.69, 9.17) is 0 Å². The maximum atomic E-state index is 11.8. The number of amides is 1. The lowest BCUT2D eigenvalue weighted by Gasteiger charge is -2.11. The Hall–Kier alpha value is -1.36. The third-order valence-electron chi connectivity index (χ3n) is 2.83. The first-order valence-electron chi connectivity index (χ1n) is 6.99. The number of hydrogen-bond donors (Lipinski definition) is 2. The van der Waals surface area contributed by atoms with E-state index in [1.54, 1.807) is 6.20 Å². The van der Waals surface area contributed by atoms with E-state index < -0.39 is 0 Å². The van der Waals surface area contributed by atoms with Crippen molar-refractivity contribution in [3.8, 4) is 0 Å². The molecule has 1 heterocycles. The molecule has 2 N–H and O–H groups in total. The van der Waals surface area contributed by atoms with Gasteiger partial charge in [-0.1, -0.05) is 27.7 Å². The fourth-order valence-corrected chi connectivity index (χ4v) is 1.66. The van der Waals surface area contributed by atoms with Crippen molar-refractivity contribution in [3.63, 3.8) is 0 Å². The third-order valence-corrected chi connectivity index (χ3v) is 2.83. The Morgan fingerprint density at radius 3 is 2.74 bits per heavy atom. The molecule has 0 aliphatic heterocycles. The van der Waals surface area contributed by atoms with Gasteiger partial charge in [0.2, 0.25) is 5.91 Å². The third kappa shape index (κ3) is 6.38. The molecule has 1 aromatic rings. The Morgan fingerprint density at radius 1 is 1.37 bits per heavy atom. The number of carbonyl (C=O) groups is 1. The van der Waals surface area contributed by atoms with Crippen LogP contribution in [-0.2, 0) is 17.9 Å². The standard InChI is InChI=1S/C14H26N4O/c1-11(2)5-6-16-14(19)10-18-8-7-15-13(18)9-17-12(3)4/h7-8,11-12,17H,5-6,9-10H2,1-4H3,(H,16,19). The molecule has 0 atom stereocenters. The molecule has 0 aliphatic carbocycles. The van der Waals surface area contributed by atoms with E-state index in [2.05, 4.69) is 43.3 Å². The molecule has 0 fully saturated rings. The lowest BCUT2D eigenvalue weighted by Crippen LogP contribution is -2.30. The van der Waals surface area contributed by atoms with Gasteiger partial charge in [0.1, 0.15) is 12.4 Å². The molecular formula is C14H26N4O. The zero-order valence-corrected chi connectivity index (χ0v) is 12.4. The molecule has 19 heavy (non-hydrogen) atoms. The lowest BCUT2D eigenvalue weighted by atomic mass is 10.1. The molecule has 1 rings (SSSR count). The highest BCUT2D eigenvalue weighted by molar-refractivity contribution is 5.75. The molecule has 1 amide bonds. The van der Waals surface area contributed by atoms with Gasteiger partial charge in [-0.2, -0.15) is 0 Å². The fourth-order valence-electron chi connectivity index (χ4n) is 1.66. The second-order valence-corrected chi connectivity index (χ2v) is 5.54. The smallest absolute Gasteiger partial charge is 0.239 e. The van der Waals surface area contributed by atoms with Gasteiger partial charge in [-0.3, -0.25) is 4.79 Å². The van der Waals surface area contributed by atoms with Crippen molar-refractivity contribution < 1.29 is 4.79 Å². The van der Waals surface area contributed by atoms with Gasteiger partial charge in [-0.05, 0) is 12.3 Å². The van der Waals surface area contributed by atoms with E-state index in [0.717, 1.165) is 18.8 Å². The van der Waals surface area contributed by atoms with Crippen LogP contribution in [0, 0.1) is 5.92 Å². The van der Waals surface area contributed by atoms with Crippen LogP contribution in [0.3, 0.4) is 0 Å². The summed E-state index contributed by atoms with van der Waals surface area (Å²) in [5.41, 5.74) is 0. The van der Waals surface area contributed by atoms with Crippen molar-refractivity contribution in [1.29, 1.82) is 0 Å². The van der Waals surface area contributed by atoms with Crippen LogP contribution in [0.5, 0.6) is 0 Å². The SMILES string of the molecule is CC(C)CCNC(=O)Cn1ccnc1CNC(C)C. The summed E-state index contributed by atoms with van der Waals surface area (Å²) in [7, 11) is 0. The second-order valence-electron chi connectivity index (χ2n) is 5.54. The Morgan fingerprint density at radius 2 is 2.11 bits per heavy atom. The lowest BCUT2D eigenvalue weighted by molar-refractivity contribution is -0.121. The van der Waals surface area contributed by atoms with Crippen molar-refractivity contribution in [3.05, 3.63) is 18.2 Å². The Kier molecular flexibility index (Phi) is 6.56. The highest BCUT2D eigenvalue weighted by Crippen LogP contribution is 1.99. The molecule has 0 unspecified atom stereocenters. The van der Waals surface area contributed by atoms with Gasteiger partial charge in [-0.25, -0.2) is 4.98 Å². The molecule has 0 bridgehead atoms. The summed E-state index contributed by atoms with van der Waals surface area (Å²) in [6, 6.07) is 0.407. The van der Waals surface area contributed by atoms with Crippen molar-refractivity contribution in [2.75, 3.05) is 6.54 Å². The van der Waals surface area contributed by atoms with Crippen molar-refractivity contribution >= 4 is 5.91 Å². The molecule has 5 nitrogen and oxygen atoms in total. The summed E-state index contributed by atoms with van der Waals surface area (Å²) in [6.07, 6.45) is 4.59. The van der Waals surface area contributed by atoms with Crippen molar-refractivity contribution in [2.45, 2.75) is 53.2 Å². The van der Waals surface area contributed by atoms with Crippen LogP contribution in [-0.4, -0.2) is 28.0 Å². The highest BCUT2D eigenvalue weighted by Gasteiger charge is 2.07. The fraction of sp³-hybridized carbons (Fsp3) is 0.714. The highest BCUT2D eigenvalue weighted by atomic mass is 16.1. The maximum absolute atomic E-state index is 11.8. The number of hydrogen-bond acceptors (Lipinski definition) is 3. The number of carbonyl (C=O) groups excluding carboxylic acids is 1. The minimum atomic E-state index is 0.0458. The van der Waals surface area contributed by atoms with Crippen LogP contribution in [0.1, 0.15) is 39.9 Å². The first-order chi connectivity index (χ1) is 8.99. The van der Waals surface area contributed by atoms with Crippen LogP contribution >= 0.6 is 0 Å². The Balaban J connectivity index is 2.39. The maximum Gasteiger partial charge on any atom is 0.239 e. The molecule has 0 saturated carbocycles. The quantitative estimate of drug-likeness (QED) is 0.750. The Labute approximate surface area is 115 Å². The number of imidazole rings is 1. The van der Waals surface area contributed by atoms with E-state index in [1.807, 2.05) is 10.8 Å². The van der Waals surface area contributed by atoms with Crippen LogP contribution in [0.4, 0.5) is 0 Å². The molecular weight excluding hydrogens is 240 g/mol. The minimum absolute atomic E-state index is 0.0458. The predicted octanol–water partition coefficient (Wildman–Crippen LogP) is 1.54. The van der Waals surface area contributed by atoms with Gasteiger partial charge in [-0.15, -0.1) is 0 Å². The minimum Gasteiger partial charge on any atom is -0.355 e. The molecule has 0 aromatic carbocycles. The molecule has 5 heteroatoms. The second kappa shape index (κ2) is 7.94. The average molecular weight is 266 g/mol. The normalized spacial score (nSPS) is 11.3. The molecule has 1 aromatic heterocycles. The first-order valence-corrected chi connectivity index (χ1v) is 6.99. The predicted molar refractivity (Wildman–Crippen MR) is 76.7 cm³/mol. The molecule has 0 spiro atoms. The van der Waals surface area contributed by atoms with E-state index in [0.29, 0.717) is 25.0 Å². The molecule has 0 aliphatic rings. The topological polar surface area (TPSA) is 59.0 Å². The summed E-state index contributed by atoms with van der Waals surface area (Å²) < 4.78 is 1.89. The van der Waals surface area contributed by atoms with Gasteiger partial charge >= 0.3 is 0 Å². The summed E-state index contributed by atoms with van der Waals surface area (Å²) in [6.45, 7) is 10.2. The van der Waals surface area contributed by atoms with Crippen LogP contribution in [0.25, 0.3) is 0 Å². The van der Waals surface area contributed by atoms with Crippen molar-refractivity contribution in [2.24, 2.45) is 5.92 Å².